The number of nitrogens with zero attached hydrogens (tertiary/aromatic N) is 2. The Morgan fingerprint density at radius 2 is 1.77 bits per heavy atom. The number of aryl methyl sites for hydroxylation is 1. The Kier molecular flexibility index (Phi) is 7.14. The minimum Gasteiger partial charge on any atom is -0.507 e. The molecule has 1 saturated heterocycles. The highest BCUT2D eigenvalue weighted by Gasteiger charge is 2.48. The number of ether oxygens (including phenoxy) is 2. The van der Waals surface area contributed by atoms with Crippen molar-refractivity contribution < 1.29 is 24.2 Å². The third kappa shape index (κ3) is 4.84. The van der Waals surface area contributed by atoms with E-state index in [1.54, 1.807) is 43.5 Å². The number of anilines is 1. The van der Waals surface area contributed by atoms with Crippen LogP contribution < -0.4 is 14.4 Å². The lowest BCUT2D eigenvalue weighted by Gasteiger charge is -2.25. The molecule has 2 heterocycles. The number of hydrogen-bond acceptors (Lipinski definition) is 7. The molecule has 4 aromatic rings. The van der Waals surface area contributed by atoms with Gasteiger partial charge in [-0.25, -0.2) is 4.98 Å². The summed E-state index contributed by atoms with van der Waals surface area (Å²) in [5.41, 5.74) is 3.50. The number of aliphatic hydroxyl groups excluding tert-OH is 1. The van der Waals surface area contributed by atoms with Gasteiger partial charge in [-0.3, -0.25) is 14.5 Å². The number of carbonyl (C=O) groups excluding carboxylic acids is 2. The van der Waals surface area contributed by atoms with Gasteiger partial charge in [0, 0.05) is 11.1 Å². The highest BCUT2D eigenvalue weighted by molar-refractivity contribution is 7.22. The van der Waals surface area contributed by atoms with Gasteiger partial charge in [0.05, 0.1) is 35.5 Å². The third-order valence-electron chi connectivity index (χ3n) is 6.98. The molecule has 1 fully saturated rings. The van der Waals surface area contributed by atoms with Crippen LogP contribution in [0.3, 0.4) is 0 Å². The number of ketones is 1. The number of fused-ring (bicyclic) bond motifs is 1. The number of carbonyl (C=O) groups is 2. The fourth-order valence-corrected chi connectivity index (χ4v) is 6.04. The molecule has 1 aliphatic heterocycles. The average molecular weight is 557 g/mol. The first-order valence-electron chi connectivity index (χ1n) is 13.1. The zero-order valence-electron chi connectivity index (χ0n) is 23.4. The smallest absolute Gasteiger partial charge is 0.301 e. The van der Waals surface area contributed by atoms with Gasteiger partial charge < -0.3 is 14.6 Å². The van der Waals surface area contributed by atoms with E-state index < -0.39 is 17.7 Å². The SMILES string of the molecule is CCOc1ccc(/C(O)=C2\C(=O)C(=O)N(c3nc4ccc(C)cc4s3)C2c2ccc(OC)cc2)cc1C(C)(C)C. The first-order chi connectivity index (χ1) is 19.0. The first kappa shape index (κ1) is 27.4. The zero-order valence-corrected chi connectivity index (χ0v) is 24.3. The van der Waals surface area contributed by atoms with Crippen molar-refractivity contribution in [3.05, 3.63) is 88.5 Å². The lowest BCUT2D eigenvalue weighted by molar-refractivity contribution is -0.132. The van der Waals surface area contributed by atoms with Gasteiger partial charge in [-0.2, -0.15) is 0 Å². The number of methoxy groups -OCH3 is 1. The molecule has 1 aliphatic rings. The Bertz CT molecular complexity index is 1650. The lowest BCUT2D eigenvalue weighted by atomic mass is 9.84. The summed E-state index contributed by atoms with van der Waals surface area (Å²) in [5.74, 6) is -0.395. The van der Waals surface area contributed by atoms with Crippen molar-refractivity contribution in [2.75, 3.05) is 18.6 Å². The first-order valence-corrected chi connectivity index (χ1v) is 13.9. The normalized spacial score (nSPS) is 17.1. The molecule has 1 N–H and O–H groups in total. The van der Waals surface area contributed by atoms with Gasteiger partial charge in [0.25, 0.3) is 5.78 Å². The van der Waals surface area contributed by atoms with Crippen LogP contribution in [0.4, 0.5) is 5.13 Å². The molecule has 7 nitrogen and oxygen atoms in total. The molecule has 0 bridgehead atoms. The molecular weight excluding hydrogens is 524 g/mol. The standard InChI is InChI=1S/C32H32N2O5S/c1-7-39-24-15-11-20(17-22(24)32(3,4)5)28(35)26-27(19-9-12-21(38-6)13-10-19)34(30(37)29(26)36)31-33-23-14-8-18(2)16-25(23)40-31/h8-17,27,35H,7H2,1-6H3/b28-26+. The van der Waals surface area contributed by atoms with Crippen molar-refractivity contribution in [2.24, 2.45) is 0 Å². The van der Waals surface area contributed by atoms with Crippen molar-refractivity contribution >= 4 is 44.1 Å². The Morgan fingerprint density at radius 3 is 2.42 bits per heavy atom. The number of thiazole rings is 1. The van der Waals surface area contributed by atoms with Crippen LogP contribution in [0, 0.1) is 6.92 Å². The van der Waals surface area contributed by atoms with Gasteiger partial charge in [-0.15, -0.1) is 0 Å². The maximum Gasteiger partial charge on any atom is 0.301 e. The third-order valence-corrected chi connectivity index (χ3v) is 7.99. The van der Waals surface area contributed by atoms with Crippen LogP contribution in [0.15, 0.2) is 66.2 Å². The maximum absolute atomic E-state index is 13.6. The van der Waals surface area contributed by atoms with Crippen LogP contribution in [0.25, 0.3) is 16.0 Å². The topological polar surface area (TPSA) is 89.0 Å². The molecule has 1 amide bonds. The summed E-state index contributed by atoms with van der Waals surface area (Å²) in [4.78, 5) is 33.4. The van der Waals surface area contributed by atoms with Crippen LogP contribution in [0.1, 0.15) is 56.0 Å². The van der Waals surface area contributed by atoms with Crippen molar-refractivity contribution in [3.8, 4) is 11.5 Å². The molecule has 1 atom stereocenters. The quantitative estimate of drug-likeness (QED) is 0.157. The van der Waals surface area contributed by atoms with Gasteiger partial charge in [0.1, 0.15) is 17.3 Å². The number of rotatable bonds is 6. The molecule has 206 valence electrons. The molecule has 0 radical (unpaired) electrons. The van der Waals surface area contributed by atoms with Gasteiger partial charge in [0.2, 0.25) is 0 Å². The zero-order chi connectivity index (χ0) is 28.8. The number of benzene rings is 3. The molecule has 0 saturated carbocycles. The maximum atomic E-state index is 13.6. The predicted molar refractivity (Wildman–Crippen MR) is 158 cm³/mol. The lowest BCUT2D eigenvalue weighted by Crippen LogP contribution is -2.29. The highest BCUT2D eigenvalue weighted by Crippen LogP contribution is 2.45. The van der Waals surface area contributed by atoms with Crippen LogP contribution in [0.5, 0.6) is 11.5 Å². The van der Waals surface area contributed by atoms with Crippen molar-refractivity contribution in [1.82, 2.24) is 4.98 Å². The second-order valence-corrected chi connectivity index (χ2v) is 11.8. The summed E-state index contributed by atoms with van der Waals surface area (Å²) in [5, 5.41) is 12.1. The van der Waals surface area contributed by atoms with Crippen LogP contribution in [-0.4, -0.2) is 35.5 Å². The van der Waals surface area contributed by atoms with Crippen LogP contribution >= 0.6 is 11.3 Å². The van der Waals surface area contributed by atoms with E-state index in [2.05, 4.69) is 20.8 Å². The number of amides is 1. The largest absolute Gasteiger partial charge is 0.507 e. The fourth-order valence-electron chi connectivity index (χ4n) is 4.95. The van der Waals surface area contributed by atoms with Crippen molar-refractivity contribution in [1.29, 1.82) is 0 Å². The summed E-state index contributed by atoms with van der Waals surface area (Å²) in [6.45, 7) is 10.6. The fraction of sp³-hybridized carbons (Fsp3) is 0.281. The van der Waals surface area contributed by atoms with E-state index in [1.807, 2.05) is 38.1 Å². The van der Waals surface area contributed by atoms with E-state index in [4.69, 9.17) is 14.5 Å². The molecule has 1 aromatic heterocycles. The Morgan fingerprint density at radius 1 is 1.05 bits per heavy atom. The van der Waals surface area contributed by atoms with E-state index in [1.165, 1.54) is 16.2 Å². The number of aromatic nitrogens is 1. The predicted octanol–water partition coefficient (Wildman–Crippen LogP) is 6.94. The summed E-state index contributed by atoms with van der Waals surface area (Å²) >= 11 is 1.34. The minimum atomic E-state index is -0.878. The van der Waals surface area contributed by atoms with E-state index in [0.29, 0.717) is 34.4 Å². The number of hydrogen-bond donors (Lipinski definition) is 1. The highest BCUT2D eigenvalue weighted by atomic mass is 32.1. The van der Waals surface area contributed by atoms with Crippen molar-refractivity contribution in [3.63, 3.8) is 0 Å². The van der Waals surface area contributed by atoms with Gasteiger partial charge >= 0.3 is 5.91 Å². The Hall–Kier alpha value is -4.17. The molecule has 1 unspecified atom stereocenters. The van der Waals surface area contributed by atoms with Gasteiger partial charge in [-0.1, -0.05) is 50.3 Å². The van der Waals surface area contributed by atoms with Crippen molar-refractivity contribution in [2.45, 2.75) is 46.1 Å². The Balaban J connectivity index is 1.72. The molecule has 40 heavy (non-hydrogen) atoms. The molecule has 8 heteroatoms. The molecule has 0 aliphatic carbocycles. The monoisotopic (exact) mass is 556 g/mol. The van der Waals surface area contributed by atoms with Crippen LogP contribution in [0.2, 0.25) is 0 Å². The summed E-state index contributed by atoms with van der Waals surface area (Å²) < 4.78 is 12.1. The van der Waals surface area contributed by atoms with E-state index >= 15 is 0 Å². The second kappa shape index (κ2) is 10.4. The van der Waals surface area contributed by atoms with E-state index in [9.17, 15) is 14.7 Å². The van der Waals surface area contributed by atoms with Gasteiger partial charge in [-0.05, 0) is 72.9 Å². The Labute approximate surface area is 237 Å². The van der Waals surface area contributed by atoms with E-state index in [-0.39, 0.29) is 16.7 Å². The number of Topliss-reactive ketones (excluding diaryl/α,β-unsaturated/α-hetero) is 1. The summed E-state index contributed by atoms with van der Waals surface area (Å²) in [6, 6.07) is 17.5. The minimum absolute atomic E-state index is 0.00891. The van der Waals surface area contributed by atoms with Crippen LogP contribution in [-0.2, 0) is 15.0 Å². The number of aliphatic hydroxyl groups is 1. The molecule has 5 rings (SSSR count). The summed E-state index contributed by atoms with van der Waals surface area (Å²) in [6.07, 6.45) is 0. The van der Waals surface area contributed by atoms with Gasteiger partial charge in [0.15, 0.2) is 5.13 Å². The summed E-state index contributed by atoms with van der Waals surface area (Å²) in [7, 11) is 1.57. The molecule has 3 aromatic carbocycles. The second-order valence-electron chi connectivity index (χ2n) is 10.8. The average Bonchev–Trinajstić information content (AvgIpc) is 3.45. The molecular formula is C32H32N2O5S. The molecule has 0 spiro atoms. The van der Waals surface area contributed by atoms with E-state index in [0.717, 1.165) is 21.3 Å².